The van der Waals surface area contributed by atoms with Gasteiger partial charge in [0, 0.05) is 61.2 Å². The van der Waals surface area contributed by atoms with Crippen LogP contribution in [0.15, 0.2) is 265 Å². The summed E-state index contributed by atoms with van der Waals surface area (Å²) in [7, 11) is 0. The molecule has 0 unspecified atom stereocenters. The van der Waals surface area contributed by atoms with E-state index in [0.29, 0.717) is 0 Å². The summed E-state index contributed by atoms with van der Waals surface area (Å²) in [6, 6.07) is 94.3. The van der Waals surface area contributed by atoms with Crippen molar-refractivity contribution in [2.45, 2.75) is 0 Å². The van der Waals surface area contributed by atoms with Crippen LogP contribution in [0.25, 0.3) is 76.5 Å². The van der Waals surface area contributed by atoms with Gasteiger partial charge in [0.1, 0.15) is 11.2 Å². The molecule has 1 aliphatic rings. The molecule has 4 heteroatoms. The molecule has 0 radical (unpaired) electrons. The second-order valence-electron chi connectivity index (χ2n) is 18.1. The predicted molar refractivity (Wildman–Crippen MR) is 295 cm³/mol. The van der Waals surface area contributed by atoms with E-state index in [4.69, 9.17) is 4.42 Å². The van der Waals surface area contributed by atoms with Crippen molar-refractivity contribution < 1.29 is 4.42 Å². The van der Waals surface area contributed by atoms with Gasteiger partial charge in [-0.15, -0.1) is 0 Å². The highest BCUT2D eigenvalue weighted by molar-refractivity contribution is 6.21. The van der Waals surface area contributed by atoms with Gasteiger partial charge in [0.15, 0.2) is 0 Å². The first-order chi connectivity index (χ1) is 34.7. The first kappa shape index (κ1) is 39.8. The van der Waals surface area contributed by atoms with Gasteiger partial charge >= 0.3 is 0 Å². The minimum atomic E-state index is 0.880. The van der Waals surface area contributed by atoms with E-state index in [-0.39, 0.29) is 0 Å². The first-order valence-electron chi connectivity index (χ1n) is 23.9. The maximum atomic E-state index is 6.29. The number of furan rings is 1. The Morgan fingerprint density at radius 2 is 0.871 bits per heavy atom. The van der Waals surface area contributed by atoms with Crippen LogP contribution in [-0.2, 0) is 0 Å². The summed E-state index contributed by atoms with van der Waals surface area (Å²) in [5.41, 5.74) is 16.6. The number of rotatable bonds is 8. The van der Waals surface area contributed by atoms with Crippen molar-refractivity contribution in [2.24, 2.45) is 0 Å². The largest absolute Gasteiger partial charge is 0.456 e. The highest BCUT2D eigenvalue weighted by atomic mass is 16.3. The summed E-state index contributed by atoms with van der Waals surface area (Å²) in [5.74, 6) is 0. The second-order valence-corrected chi connectivity index (χ2v) is 18.1. The quantitative estimate of drug-likeness (QED) is 0.152. The molecule has 13 aromatic rings. The van der Waals surface area contributed by atoms with Crippen molar-refractivity contribution in [3.8, 4) is 22.3 Å². The van der Waals surface area contributed by atoms with Crippen molar-refractivity contribution >= 4 is 105 Å². The summed E-state index contributed by atoms with van der Waals surface area (Å²) in [6.07, 6.45) is 0. The summed E-state index contributed by atoms with van der Waals surface area (Å²) in [4.78, 5) is 7.16. The Kier molecular flexibility index (Phi) is 9.17. The lowest BCUT2D eigenvalue weighted by Gasteiger charge is -2.35. The number of anilines is 9. The van der Waals surface area contributed by atoms with Gasteiger partial charge in [0.2, 0.25) is 0 Å². The van der Waals surface area contributed by atoms with Crippen LogP contribution < -0.4 is 14.7 Å². The Bertz CT molecular complexity index is 4080. The van der Waals surface area contributed by atoms with Crippen LogP contribution in [-0.4, -0.2) is 0 Å². The van der Waals surface area contributed by atoms with Gasteiger partial charge in [-0.1, -0.05) is 158 Å². The minimum Gasteiger partial charge on any atom is -0.456 e. The zero-order chi connectivity index (χ0) is 46.1. The number of benzene rings is 12. The maximum Gasteiger partial charge on any atom is 0.135 e. The second kappa shape index (κ2) is 16.2. The molecule has 1 aromatic heterocycles. The monoisotopic (exact) mass is 893 g/mol. The number of para-hydroxylation sites is 3. The van der Waals surface area contributed by atoms with Gasteiger partial charge in [0.25, 0.3) is 0 Å². The van der Waals surface area contributed by atoms with Gasteiger partial charge in [-0.3, -0.25) is 0 Å². The third-order valence-electron chi connectivity index (χ3n) is 14.1. The summed E-state index contributed by atoms with van der Waals surface area (Å²) in [5, 5.41) is 9.51. The fourth-order valence-electron chi connectivity index (χ4n) is 11.0. The molecule has 0 amide bonds. The lowest BCUT2D eigenvalue weighted by Crippen LogP contribution is -2.16. The molecule has 4 nitrogen and oxygen atoms in total. The summed E-state index contributed by atoms with van der Waals surface area (Å²) < 4.78 is 6.29. The fourth-order valence-corrected chi connectivity index (χ4v) is 11.0. The molecule has 1 aliphatic heterocycles. The molecule has 0 bridgehead atoms. The van der Waals surface area contributed by atoms with Gasteiger partial charge in [-0.05, 0) is 141 Å². The predicted octanol–water partition coefficient (Wildman–Crippen LogP) is 19.1. The van der Waals surface area contributed by atoms with Crippen molar-refractivity contribution in [3.63, 3.8) is 0 Å². The highest BCUT2D eigenvalue weighted by Crippen LogP contribution is 2.55. The van der Waals surface area contributed by atoms with E-state index >= 15 is 0 Å². The Balaban J connectivity index is 0.911. The van der Waals surface area contributed by atoms with E-state index in [1.54, 1.807) is 0 Å². The molecular formula is C66H43N3O. The van der Waals surface area contributed by atoms with Crippen LogP contribution in [0.4, 0.5) is 51.2 Å². The standard InChI is InChI=1S/C66H43N3O/c1-3-18-47(19-4-1)67(48-20-5-2-6-21-48)49-34-36-51(37-35-49)69-61-40-31-45-16-8-10-23-55(45)65(61)58-26-14-25-57-53(39-41-62(69)66(57)58)46-29-32-50(33-30-46)68(60-27-13-17-44-15-7-9-22-54(44)60)52-38-42-64-59(43-52)56-24-11-12-28-63(56)70-64/h1-43H. The van der Waals surface area contributed by atoms with E-state index in [0.717, 1.165) is 73.0 Å². The normalized spacial score (nSPS) is 12.0. The topological polar surface area (TPSA) is 22.9 Å². The lowest BCUT2D eigenvalue weighted by atomic mass is 9.85. The average Bonchev–Trinajstić information content (AvgIpc) is 3.80. The van der Waals surface area contributed by atoms with E-state index < -0.39 is 0 Å². The van der Waals surface area contributed by atoms with Crippen molar-refractivity contribution in [1.29, 1.82) is 0 Å². The molecule has 14 rings (SSSR count). The average molecular weight is 894 g/mol. The molecule has 70 heavy (non-hydrogen) atoms. The van der Waals surface area contributed by atoms with Crippen LogP contribution in [0.5, 0.6) is 0 Å². The Hall–Kier alpha value is -9.38. The summed E-state index contributed by atoms with van der Waals surface area (Å²) >= 11 is 0. The number of fused-ring (bicyclic) bond motifs is 8. The molecule has 0 atom stereocenters. The maximum absolute atomic E-state index is 6.29. The van der Waals surface area contributed by atoms with Gasteiger partial charge < -0.3 is 19.1 Å². The molecule has 12 aromatic carbocycles. The fraction of sp³-hybridized carbons (Fsp3) is 0. The molecule has 0 saturated carbocycles. The first-order valence-corrected chi connectivity index (χ1v) is 23.9. The number of hydrogen-bond acceptors (Lipinski definition) is 4. The molecule has 0 aliphatic carbocycles. The third-order valence-corrected chi connectivity index (χ3v) is 14.1. The number of hydrogen-bond donors (Lipinski definition) is 0. The molecule has 328 valence electrons. The van der Waals surface area contributed by atoms with Gasteiger partial charge in [0.05, 0.1) is 17.1 Å². The molecule has 0 saturated heterocycles. The minimum absolute atomic E-state index is 0.880. The molecule has 0 N–H and O–H groups in total. The number of nitrogens with zero attached hydrogens (tertiary/aromatic N) is 3. The molecular weight excluding hydrogens is 851 g/mol. The third kappa shape index (κ3) is 6.38. The molecule has 0 fully saturated rings. The Labute approximate surface area is 405 Å². The van der Waals surface area contributed by atoms with Crippen LogP contribution in [0.1, 0.15) is 0 Å². The highest BCUT2D eigenvalue weighted by Gasteiger charge is 2.29. The zero-order valence-electron chi connectivity index (χ0n) is 38.1. The van der Waals surface area contributed by atoms with Gasteiger partial charge in [-0.25, -0.2) is 0 Å². The lowest BCUT2D eigenvalue weighted by molar-refractivity contribution is 0.669. The smallest absolute Gasteiger partial charge is 0.135 e. The molecule has 2 heterocycles. The van der Waals surface area contributed by atoms with E-state index in [2.05, 4.69) is 263 Å². The van der Waals surface area contributed by atoms with Crippen LogP contribution in [0.2, 0.25) is 0 Å². The van der Waals surface area contributed by atoms with Crippen molar-refractivity contribution in [3.05, 3.63) is 261 Å². The van der Waals surface area contributed by atoms with E-state index in [1.165, 1.54) is 54.7 Å². The summed E-state index contributed by atoms with van der Waals surface area (Å²) in [6.45, 7) is 0. The van der Waals surface area contributed by atoms with Gasteiger partial charge in [-0.2, -0.15) is 0 Å². The molecule has 0 spiro atoms. The van der Waals surface area contributed by atoms with Crippen molar-refractivity contribution in [1.82, 2.24) is 0 Å². The SMILES string of the molecule is c1ccc(N(c2ccccc2)c2ccc(N3c4ccc5ccccc5c4-c4cccc5c(-c6ccc(N(c7ccc8oc9ccccc9c8c7)c7cccc8ccccc78)cc6)ccc3c45)cc2)cc1. The van der Waals surface area contributed by atoms with Crippen LogP contribution in [0, 0.1) is 0 Å². The van der Waals surface area contributed by atoms with Crippen LogP contribution >= 0.6 is 0 Å². The van der Waals surface area contributed by atoms with E-state index in [1.807, 2.05) is 12.1 Å². The van der Waals surface area contributed by atoms with E-state index in [9.17, 15) is 0 Å². The Morgan fingerprint density at radius 1 is 0.314 bits per heavy atom. The Morgan fingerprint density at radius 3 is 1.64 bits per heavy atom. The van der Waals surface area contributed by atoms with Crippen molar-refractivity contribution in [2.75, 3.05) is 14.7 Å². The zero-order valence-corrected chi connectivity index (χ0v) is 38.1. The van der Waals surface area contributed by atoms with Crippen LogP contribution in [0.3, 0.4) is 0 Å².